The van der Waals surface area contributed by atoms with Crippen LogP contribution in [0, 0.1) is 12.5 Å². The zero-order chi connectivity index (χ0) is 19.9. The Morgan fingerprint density at radius 2 is 1.93 bits per heavy atom. The maximum atomic E-state index is 12.8. The Hall–Kier alpha value is -1.48. The fraction of sp³-hybridized carbons (Fsp3) is 0.591. The SMILES string of the molecule is [C-]#[N+][C@](CCC=C)(N[S@](=O)C(C)(C)C)C1CCN(Cc2ccccc2)CC1. The van der Waals surface area contributed by atoms with Gasteiger partial charge in [0, 0.05) is 13.0 Å². The Bertz CT molecular complexity index is 669. The summed E-state index contributed by atoms with van der Waals surface area (Å²) in [5.41, 5.74) is 0.552. The molecule has 0 radical (unpaired) electrons. The van der Waals surface area contributed by atoms with E-state index >= 15 is 0 Å². The van der Waals surface area contributed by atoms with E-state index in [1.807, 2.05) is 32.9 Å². The van der Waals surface area contributed by atoms with E-state index < -0.39 is 21.4 Å². The first-order valence-corrected chi connectivity index (χ1v) is 10.9. The van der Waals surface area contributed by atoms with Crippen molar-refractivity contribution >= 4 is 11.0 Å². The maximum Gasteiger partial charge on any atom is 0.299 e. The van der Waals surface area contributed by atoms with Crippen LogP contribution >= 0.6 is 0 Å². The molecule has 1 aromatic rings. The summed E-state index contributed by atoms with van der Waals surface area (Å²) in [4.78, 5) is 6.48. The average Bonchev–Trinajstić information content (AvgIpc) is 2.66. The molecular formula is C22H33N3OS. The molecular weight excluding hydrogens is 354 g/mol. The highest BCUT2D eigenvalue weighted by Crippen LogP contribution is 2.35. The van der Waals surface area contributed by atoms with Crippen molar-refractivity contribution in [2.45, 2.75) is 63.4 Å². The lowest BCUT2D eigenvalue weighted by Gasteiger charge is -2.38. The zero-order valence-corrected chi connectivity index (χ0v) is 17.7. The highest BCUT2D eigenvalue weighted by Gasteiger charge is 2.48. The van der Waals surface area contributed by atoms with Crippen molar-refractivity contribution < 1.29 is 4.21 Å². The number of hydrogen-bond acceptors (Lipinski definition) is 2. The minimum Gasteiger partial charge on any atom is -0.299 e. The van der Waals surface area contributed by atoms with Crippen LogP contribution in [0.25, 0.3) is 4.85 Å². The Balaban J connectivity index is 2.07. The molecule has 5 heteroatoms. The van der Waals surface area contributed by atoms with E-state index in [1.54, 1.807) is 0 Å². The van der Waals surface area contributed by atoms with Crippen LogP contribution in [0.2, 0.25) is 0 Å². The average molecular weight is 388 g/mol. The van der Waals surface area contributed by atoms with E-state index in [9.17, 15) is 4.21 Å². The minimum atomic E-state index is -1.26. The largest absolute Gasteiger partial charge is 0.299 e. The number of benzene rings is 1. The minimum absolute atomic E-state index is 0.202. The Kier molecular flexibility index (Phi) is 7.79. The van der Waals surface area contributed by atoms with Gasteiger partial charge in [-0.15, -0.1) is 6.58 Å². The van der Waals surface area contributed by atoms with Gasteiger partial charge < -0.3 is 0 Å². The van der Waals surface area contributed by atoms with Gasteiger partial charge in [-0.05, 0) is 58.7 Å². The molecule has 0 aliphatic carbocycles. The van der Waals surface area contributed by atoms with Crippen molar-refractivity contribution in [1.82, 2.24) is 9.62 Å². The van der Waals surface area contributed by atoms with E-state index in [1.165, 1.54) is 5.56 Å². The lowest BCUT2D eigenvalue weighted by molar-refractivity contribution is 0.131. The van der Waals surface area contributed by atoms with Gasteiger partial charge in [0.2, 0.25) is 0 Å². The molecule has 0 amide bonds. The summed E-state index contributed by atoms with van der Waals surface area (Å²) in [7, 11) is -1.26. The molecule has 1 heterocycles. The van der Waals surface area contributed by atoms with Crippen LogP contribution in [0.15, 0.2) is 43.0 Å². The van der Waals surface area contributed by atoms with Gasteiger partial charge in [0.25, 0.3) is 5.66 Å². The van der Waals surface area contributed by atoms with Crippen LogP contribution in [0.4, 0.5) is 0 Å². The van der Waals surface area contributed by atoms with Crippen molar-refractivity contribution in [3.05, 3.63) is 60.0 Å². The normalized spacial score (nSPS) is 19.8. The van der Waals surface area contributed by atoms with Gasteiger partial charge >= 0.3 is 0 Å². The summed E-state index contributed by atoms with van der Waals surface area (Å²) in [5, 5.41) is 0. The molecule has 1 aliphatic rings. The van der Waals surface area contributed by atoms with Crippen LogP contribution in [0.5, 0.6) is 0 Å². The van der Waals surface area contributed by atoms with Gasteiger partial charge in [0.1, 0.15) is 11.0 Å². The Morgan fingerprint density at radius 3 is 2.44 bits per heavy atom. The molecule has 2 rings (SSSR count). The van der Waals surface area contributed by atoms with E-state index in [2.05, 4.69) is 45.3 Å². The van der Waals surface area contributed by atoms with Gasteiger partial charge in [-0.2, -0.15) is 4.72 Å². The molecule has 0 spiro atoms. The van der Waals surface area contributed by atoms with Crippen LogP contribution in [-0.2, 0) is 17.5 Å². The van der Waals surface area contributed by atoms with Gasteiger partial charge in [0.15, 0.2) is 0 Å². The summed E-state index contributed by atoms with van der Waals surface area (Å²) in [6, 6.07) is 10.5. The lowest BCUT2D eigenvalue weighted by atomic mass is 9.82. The molecule has 1 saturated heterocycles. The van der Waals surface area contributed by atoms with Crippen LogP contribution < -0.4 is 4.72 Å². The Labute approximate surface area is 167 Å². The van der Waals surface area contributed by atoms with Gasteiger partial charge in [-0.1, -0.05) is 36.4 Å². The molecule has 1 fully saturated rings. The van der Waals surface area contributed by atoms with Crippen LogP contribution in [-0.4, -0.2) is 32.6 Å². The predicted octanol–water partition coefficient (Wildman–Crippen LogP) is 4.53. The standard InChI is InChI=1S/C22H33N3OS/c1-6-7-15-22(23-5,24-27(26)21(2,3)4)20-13-16-25(17-14-20)18-19-11-9-8-10-12-19/h6,8-12,20,24H,1,7,13-18H2,2-4H3/t22-,27-/m1/s1. The highest BCUT2D eigenvalue weighted by molar-refractivity contribution is 7.84. The fourth-order valence-corrected chi connectivity index (χ4v) is 4.50. The van der Waals surface area contributed by atoms with E-state index in [0.717, 1.165) is 38.9 Å². The zero-order valence-electron chi connectivity index (χ0n) is 16.9. The number of nitrogens with one attached hydrogen (secondary N) is 1. The molecule has 4 nitrogen and oxygen atoms in total. The van der Waals surface area contributed by atoms with Crippen LogP contribution in [0.1, 0.15) is 52.0 Å². The number of rotatable bonds is 8. The van der Waals surface area contributed by atoms with Crippen molar-refractivity contribution in [3.8, 4) is 0 Å². The molecule has 148 valence electrons. The summed E-state index contributed by atoms with van der Waals surface area (Å²) in [6.45, 7) is 20.5. The molecule has 1 aliphatic heterocycles. The third kappa shape index (κ3) is 6.00. The maximum absolute atomic E-state index is 12.8. The second-order valence-corrected chi connectivity index (χ2v) is 10.3. The smallest absolute Gasteiger partial charge is 0.299 e. The summed E-state index contributed by atoms with van der Waals surface area (Å²) >= 11 is 0. The molecule has 0 bridgehead atoms. The van der Waals surface area contributed by atoms with Crippen molar-refractivity contribution in [3.63, 3.8) is 0 Å². The van der Waals surface area contributed by atoms with Gasteiger partial charge in [-0.25, -0.2) is 10.8 Å². The second kappa shape index (κ2) is 9.64. The fourth-order valence-electron chi connectivity index (χ4n) is 3.55. The molecule has 27 heavy (non-hydrogen) atoms. The first-order valence-electron chi connectivity index (χ1n) is 9.76. The third-order valence-electron chi connectivity index (χ3n) is 5.27. The topological polar surface area (TPSA) is 36.7 Å². The van der Waals surface area contributed by atoms with Crippen molar-refractivity contribution in [2.24, 2.45) is 5.92 Å². The van der Waals surface area contributed by atoms with Crippen LogP contribution in [0.3, 0.4) is 0 Å². The number of likely N-dealkylation sites (tertiary alicyclic amines) is 1. The first kappa shape index (κ1) is 21.8. The summed E-state index contributed by atoms with van der Waals surface area (Å²) < 4.78 is 15.6. The van der Waals surface area contributed by atoms with Crippen molar-refractivity contribution in [1.29, 1.82) is 0 Å². The predicted molar refractivity (Wildman–Crippen MR) is 114 cm³/mol. The van der Waals surface area contributed by atoms with E-state index in [-0.39, 0.29) is 5.92 Å². The summed E-state index contributed by atoms with van der Waals surface area (Å²) in [6.07, 6.45) is 5.15. The first-order chi connectivity index (χ1) is 12.8. The number of nitrogens with zero attached hydrogens (tertiary/aromatic N) is 2. The third-order valence-corrected chi connectivity index (χ3v) is 6.92. The molecule has 1 N–H and O–H groups in total. The molecule has 2 atom stereocenters. The highest BCUT2D eigenvalue weighted by atomic mass is 32.2. The summed E-state index contributed by atoms with van der Waals surface area (Å²) in [5.74, 6) is 0.202. The lowest BCUT2D eigenvalue weighted by Crippen LogP contribution is -2.55. The van der Waals surface area contributed by atoms with Crippen molar-refractivity contribution in [2.75, 3.05) is 13.1 Å². The molecule has 0 saturated carbocycles. The monoisotopic (exact) mass is 387 g/mol. The Morgan fingerprint density at radius 1 is 1.30 bits per heavy atom. The molecule has 0 unspecified atom stereocenters. The second-order valence-electron chi connectivity index (χ2n) is 8.38. The van der Waals surface area contributed by atoms with E-state index in [0.29, 0.717) is 6.42 Å². The van der Waals surface area contributed by atoms with E-state index in [4.69, 9.17) is 6.57 Å². The number of hydrogen-bond donors (Lipinski definition) is 1. The van der Waals surface area contributed by atoms with Gasteiger partial charge in [0.05, 0.1) is 10.7 Å². The molecule has 0 aromatic heterocycles. The number of piperidine rings is 1. The molecule has 1 aromatic carbocycles. The number of allylic oxidation sites excluding steroid dienone is 1. The quantitative estimate of drug-likeness (QED) is 0.525. The van der Waals surface area contributed by atoms with Gasteiger partial charge in [-0.3, -0.25) is 9.74 Å².